The summed E-state index contributed by atoms with van der Waals surface area (Å²) in [6, 6.07) is 12.8. The maximum atomic E-state index is 5.26. The summed E-state index contributed by atoms with van der Waals surface area (Å²) >= 11 is 0. The van der Waals surface area contributed by atoms with E-state index in [2.05, 4.69) is 34.6 Å². The molecular formula is C16H20N2O. The molecular weight excluding hydrogens is 236 g/mol. The van der Waals surface area contributed by atoms with E-state index in [1.54, 1.807) is 7.11 Å². The topological polar surface area (TPSA) is 34.2 Å². The van der Waals surface area contributed by atoms with Gasteiger partial charge in [-0.25, -0.2) is 0 Å². The van der Waals surface area contributed by atoms with Crippen LogP contribution in [0.3, 0.4) is 0 Å². The van der Waals surface area contributed by atoms with Crippen LogP contribution in [-0.4, -0.2) is 25.2 Å². The summed E-state index contributed by atoms with van der Waals surface area (Å²) in [5.41, 5.74) is 2.59. The average molecular weight is 256 g/mol. The molecule has 2 aromatic rings. The van der Waals surface area contributed by atoms with E-state index in [4.69, 9.17) is 4.74 Å². The molecule has 1 aromatic heterocycles. The molecule has 0 bridgehead atoms. The van der Waals surface area contributed by atoms with Gasteiger partial charge in [0.1, 0.15) is 5.75 Å². The number of benzene rings is 1. The first kappa shape index (κ1) is 13.6. The molecule has 1 heterocycles. The highest BCUT2D eigenvalue weighted by Gasteiger charge is 2.09. The van der Waals surface area contributed by atoms with Crippen molar-refractivity contribution in [2.24, 2.45) is 0 Å². The molecule has 2 rings (SSSR count). The number of rotatable bonds is 6. The molecule has 19 heavy (non-hydrogen) atoms. The lowest BCUT2D eigenvalue weighted by atomic mass is 9.99. The van der Waals surface area contributed by atoms with E-state index in [0.717, 1.165) is 18.6 Å². The zero-order valence-electron chi connectivity index (χ0n) is 11.5. The largest absolute Gasteiger partial charge is 0.497 e. The third kappa shape index (κ3) is 4.07. The van der Waals surface area contributed by atoms with Crippen molar-refractivity contribution in [1.82, 2.24) is 10.3 Å². The molecule has 0 radical (unpaired) electrons. The molecule has 0 spiro atoms. The molecule has 3 heteroatoms. The maximum Gasteiger partial charge on any atom is 0.119 e. The Kier molecular flexibility index (Phi) is 4.93. The second-order valence-corrected chi connectivity index (χ2v) is 4.60. The first-order valence-electron chi connectivity index (χ1n) is 6.51. The SMILES string of the molecule is CNC(Cc1ccncc1)Cc1cccc(OC)c1. The van der Waals surface area contributed by atoms with E-state index in [0.29, 0.717) is 6.04 Å². The fourth-order valence-corrected chi connectivity index (χ4v) is 2.16. The predicted octanol–water partition coefficient (Wildman–Crippen LogP) is 2.46. The quantitative estimate of drug-likeness (QED) is 0.862. The summed E-state index contributed by atoms with van der Waals surface area (Å²) in [5.74, 6) is 0.913. The smallest absolute Gasteiger partial charge is 0.119 e. The Bertz CT molecular complexity index is 499. The molecule has 0 aliphatic rings. The van der Waals surface area contributed by atoms with Gasteiger partial charge in [-0.3, -0.25) is 4.98 Å². The van der Waals surface area contributed by atoms with Gasteiger partial charge in [-0.05, 0) is 55.3 Å². The zero-order valence-corrected chi connectivity index (χ0v) is 11.5. The Morgan fingerprint density at radius 3 is 2.53 bits per heavy atom. The van der Waals surface area contributed by atoms with Crippen LogP contribution in [0.4, 0.5) is 0 Å². The van der Waals surface area contributed by atoms with Crippen LogP contribution < -0.4 is 10.1 Å². The Morgan fingerprint density at radius 2 is 1.84 bits per heavy atom. The lowest BCUT2D eigenvalue weighted by Gasteiger charge is -2.16. The molecule has 0 saturated heterocycles. The molecule has 0 aliphatic carbocycles. The Labute approximate surface area is 114 Å². The van der Waals surface area contributed by atoms with E-state index < -0.39 is 0 Å². The van der Waals surface area contributed by atoms with Crippen LogP contribution in [0.5, 0.6) is 5.75 Å². The van der Waals surface area contributed by atoms with Gasteiger partial charge in [-0.15, -0.1) is 0 Å². The van der Waals surface area contributed by atoms with Gasteiger partial charge < -0.3 is 10.1 Å². The summed E-state index contributed by atoms with van der Waals surface area (Å²) in [6.45, 7) is 0. The molecule has 0 amide bonds. The molecule has 1 aromatic carbocycles. The first-order chi connectivity index (χ1) is 9.31. The van der Waals surface area contributed by atoms with Crippen molar-refractivity contribution < 1.29 is 4.74 Å². The van der Waals surface area contributed by atoms with Gasteiger partial charge in [0.15, 0.2) is 0 Å². The highest BCUT2D eigenvalue weighted by molar-refractivity contribution is 5.29. The van der Waals surface area contributed by atoms with E-state index in [-0.39, 0.29) is 0 Å². The van der Waals surface area contributed by atoms with Crippen molar-refractivity contribution >= 4 is 0 Å². The number of nitrogens with one attached hydrogen (secondary N) is 1. The molecule has 0 fully saturated rings. The molecule has 1 atom stereocenters. The number of pyridine rings is 1. The second kappa shape index (κ2) is 6.90. The Morgan fingerprint density at radius 1 is 1.11 bits per heavy atom. The van der Waals surface area contributed by atoms with Gasteiger partial charge in [-0.2, -0.15) is 0 Å². The third-order valence-electron chi connectivity index (χ3n) is 3.26. The highest BCUT2D eigenvalue weighted by atomic mass is 16.5. The lowest BCUT2D eigenvalue weighted by Crippen LogP contribution is -2.29. The second-order valence-electron chi connectivity index (χ2n) is 4.60. The first-order valence-corrected chi connectivity index (χ1v) is 6.51. The summed E-state index contributed by atoms with van der Waals surface area (Å²) in [5, 5.41) is 3.38. The number of aromatic nitrogens is 1. The van der Waals surface area contributed by atoms with Crippen molar-refractivity contribution in [2.45, 2.75) is 18.9 Å². The van der Waals surface area contributed by atoms with Crippen molar-refractivity contribution in [3.05, 3.63) is 59.9 Å². The average Bonchev–Trinajstić information content (AvgIpc) is 2.48. The van der Waals surface area contributed by atoms with Crippen LogP contribution in [0.15, 0.2) is 48.8 Å². The van der Waals surface area contributed by atoms with Gasteiger partial charge in [-0.1, -0.05) is 12.1 Å². The number of nitrogens with zero attached hydrogens (tertiary/aromatic N) is 1. The van der Waals surface area contributed by atoms with Crippen molar-refractivity contribution in [1.29, 1.82) is 0 Å². The molecule has 0 aliphatic heterocycles. The summed E-state index contributed by atoms with van der Waals surface area (Å²) in [7, 11) is 3.71. The number of likely N-dealkylation sites (N-methyl/N-ethyl adjacent to an activating group) is 1. The number of hydrogen-bond donors (Lipinski definition) is 1. The van der Waals surface area contributed by atoms with Crippen LogP contribution in [0.25, 0.3) is 0 Å². The van der Waals surface area contributed by atoms with Crippen molar-refractivity contribution in [2.75, 3.05) is 14.2 Å². The maximum absolute atomic E-state index is 5.26. The van der Waals surface area contributed by atoms with Crippen molar-refractivity contribution in [3.8, 4) is 5.75 Å². The Balaban J connectivity index is 2.02. The van der Waals surface area contributed by atoms with Crippen LogP contribution in [0, 0.1) is 0 Å². The standard InChI is InChI=1S/C16H20N2O/c1-17-15(10-13-6-8-18-9-7-13)11-14-4-3-5-16(12-14)19-2/h3-9,12,15,17H,10-11H2,1-2H3. The van der Waals surface area contributed by atoms with Gasteiger partial charge in [0.05, 0.1) is 7.11 Å². The summed E-state index contributed by atoms with van der Waals surface area (Å²) in [4.78, 5) is 4.05. The van der Waals surface area contributed by atoms with Crippen LogP contribution in [0.2, 0.25) is 0 Å². The van der Waals surface area contributed by atoms with Crippen LogP contribution in [0.1, 0.15) is 11.1 Å². The minimum atomic E-state index is 0.412. The van der Waals surface area contributed by atoms with Crippen LogP contribution in [-0.2, 0) is 12.8 Å². The molecule has 3 nitrogen and oxygen atoms in total. The fourth-order valence-electron chi connectivity index (χ4n) is 2.16. The number of hydrogen-bond acceptors (Lipinski definition) is 3. The number of ether oxygens (including phenoxy) is 1. The Hall–Kier alpha value is -1.87. The van der Waals surface area contributed by atoms with Gasteiger partial charge in [0, 0.05) is 18.4 Å². The minimum Gasteiger partial charge on any atom is -0.497 e. The summed E-state index contributed by atoms with van der Waals surface area (Å²) in [6.07, 6.45) is 5.66. The van der Waals surface area contributed by atoms with E-state index >= 15 is 0 Å². The van der Waals surface area contributed by atoms with Crippen LogP contribution >= 0.6 is 0 Å². The zero-order chi connectivity index (χ0) is 13.5. The molecule has 0 saturated carbocycles. The molecule has 1 N–H and O–H groups in total. The lowest BCUT2D eigenvalue weighted by molar-refractivity contribution is 0.414. The monoisotopic (exact) mass is 256 g/mol. The van der Waals surface area contributed by atoms with E-state index in [1.165, 1.54) is 11.1 Å². The third-order valence-corrected chi connectivity index (χ3v) is 3.26. The van der Waals surface area contributed by atoms with Gasteiger partial charge in [0.2, 0.25) is 0 Å². The summed E-state index contributed by atoms with van der Waals surface area (Å²) < 4.78 is 5.26. The van der Waals surface area contributed by atoms with E-state index in [9.17, 15) is 0 Å². The highest BCUT2D eigenvalue weighted by Crippen LogP contribution is 2.15. The molecule has 100 valence electrons. The minimum absolute atomic E-state index is 0.412. The fraction of sp³-hybridized carbons (Fsp3) is 0.312. The number of methoxy groups -OCH3 is 1. The normalized spacial score (nSPS) is 12.1. The van der Waals surface area contributed by atoms with Gasteiger partial charge in [0.25, 0.3) is 0 Å². The van der Waals surface area contributed by atoms with E-state index in [1.807, 2.05) is 31.6 Å². The molecule has 1 unspecified atom stereocenters. The van der Waals surface area contributed by atoms with Crippen molar-refractivity contribution in [3.63, 3.8) is 0 Å². The predicted molar refractivity (Wildman–Crippen MR) is 77.5 cm³/mol. The van der Waals surface area contributed by atoms with Gasteiger partial charge >= 0.3 is 0 Å².